The SMILES string of the molecule is Cc1ccc(-n2nc(C)cc2NC(=O)CSc2ncnc3sccc23)cc1. The number of thiophene rings is 1. The number of anilines is 1. The Labute approximate surface area is 164 Å². The molecule has 0 atom stereocenters. The van der Waals surface area contributed by atoms with Crippen molar-refractivity contribution in [2.75, 3.05) is 11.1 Å². The fourth-order valence-electron chi connectivity index (χ4n) is 2.67. The van der Waals surface area contributed by atoms with E-state index in [2.05, 4.69) is 20.4 Å². The van der Waals surface area contributed by atoms with E-state index in [4.69, 9.17) is 0 Å². The zero-order valence-electron chi connectivity index (χ0n) is 14.8. The molecule has 0 bridgehead atoms. The molecule has 6 nitrogen and oxygen atoms in total. The normalized spacial score (nSPS) is 11.0. The molecule has 4 rings (SSSR count). The zero-order chi connectivity index (χ0) is 18.8. The molecule has 0 saturated carbocycles. The molecule has 0 spiro atoms. The first-order valence-electron chi connectivity index (χ1n) is 8.35. The van der Waals surface area contributed by atoms with Crippen LogP contribution in [0.2, 0.25) is 0 Å². The second kappa shape index (κ2) is 7.50. The minimum atomic E-state index is -0.102. The number of thioether (sulfide) groups is 1. The molecule has 0 saturated heterocycles. The van der Waals surface area contributed by atoms with E-state index in [0.29, 0.717) is 5.82 Å². The number of aryl methyl sites for hydroxylation is 2. The van der Waals surface area contributed by atoms with Gasteiger partial charge in [0.05, 0.1) is 17.1 Å². The maximum absolute atomic E-state index is 12.5. The smallest absolute Gasteiger partial charge is 0.235 e. The van der Waals surface area contributed by atoms with Gasteiger partial charge in [-0.2, -0.15) is 5.10 Å². The monoisotopic (exact) mass is 395 g/mol. The summed E-state index contributed by atoms with van der Waals surface area (Å²) in [7, 11) is 0. The van der Waals surface area contributed by atoms with Crippen molar-refractivity contribution in [3.05, 3.63) is 59.4 Å². The number of fused-ring (bicyclic) bond motifs is 1. The van der Waals surface area contributed by atoms with Gasteiger partial charge in [-0.1, -0.05) is 29.5 Å². The Morgan fingerprint density at radius 1 is 1.19 bits per heavy atom. The van der Waals surface area contributed by atoms with Crippen LogP contribution in [0, 0.1) is 13.8 Å². The summed E-state index contributed by atoms with van der Waals surface area (Å²) < 4.78 is 1.75. The maximum atomic E-state index is 12.5. The van der Waals surface area contributed by atoms with Gasteiger partial charge >= 0.3 is 0 Å². The number of carbonyl (C=O) groups is 1. The Bertz CT molecular complexity index is 1100. The minimum Gasteiger partial charge on any atom is -0.310 e. The second-order valence-electron chi connectivity index (χ2n) is 6.07. The molecular weight excluding hydrogens is 378 g/mol. The van der Waals surface area contributed by atoms with Crippen molar-refractivity contribution in [1.29, 1.82) is 0 Å². The molecule has 136 valence electrons. The molecular formula is C19H17N5OS2. The molecule has 1 amide bonds. The summed E-state index contributed by atoms with van der Waals surface area (Å²) in [5, 5.41) is 11.2. The third-order valence-corrected chi connectivity index (χ3v) is 5.77. The molecule has 0 aliphatic rings. The maximum Gasteiger partial charge on any atom is 0.235 e. The highest BCUT2D eigenvalue weighted by atomic mass is 32.2. The Hall–Kier alpha value is -2.71. The standard InChI is InChI=1S/C19H17N5OS2/c1-12-3-5-14(6-4-12)24-16(9-13(2)23-24)22-17(25)10-27-19-15-7-8-26-18(15)20-11-21-19/h3-9,11H,10H2,1-2H3,(H,22,25). The Balaban J connectivity index is 1.48. The largest absolute Gasteiger partial charge is 0.310 e. The van der Waals surface area contributed by atoms with Gasteiger partial charge in [-0.3, -0.25) is 4.79 Å². The van der Waals surface area contributed by atoms with Gasteiger partial charge in [0.25, 0.3) is 0 Å². The minimum absolute atomic E-state index is 0.102. The summed E-state index contributed by atoms with van der Waals surface area (Å²) in [6, 6.07) is 11.9. The molecule has 4 aromatic rings. The fourth-order valence-corrected chi connectivity index (χ4v) is 4.25. The predicted octanol–water partition coefficient (Wildman–Crippen LogP) is 4.22. The number of hydrogen-bond acceptors (Lipinski definition) is 6. The number of benzene rings is 1. The van der Waals surface area contributed by atoms with Crippen molar-refractivity contribution in [2.24, 2.45) is 0 Å². The Kier molecular flexibility index (Phi) is 4.91. The summed E-state index contributed by atoms with van der Waals surface area (Å²) in [4.78, 5) is 22.0. The highest BCUT2D eigenvalue weighted by molar-refractivity contribution is 8.00. The van der Waals surface area contributed by atoms with E-state index < -0.39 is 0 Å². The quantitative estimate of drug-likeness (QED) is 0.404. The first-order chi connectivity index (χ1) is 13.1. The lowest BCUT2D eigenvalue weighted by molar-refractivity contribution is -0.113. The molecule has 0 aliphatic carbocycles. The number of rotatable bonds is 5. The van der Waals surface area contributed by atoms with Crippen LogP contribution in [-0.2, 0) is 4.79 Å². The van der Waals surface area contributed by atoms with Crippen LogP contribution in [0.1, 0.15) is 11.3 Å². The molecule has 0 unspecified atom stereocenters. The molecule has 3 heterocycles. The van der Waals surface area contributed by atoms with Gasteiger partial charge in [0.1, 0.15) is 22.0 Å². The number of amides is 1. The fraction of sp³-hybridized carbons (Fsp3) is 0.158. The molecule has 0 radical (unpaired) electrons. The molecule has 1 aromatic carbocycles. The number of nitrogens with one attached hydrogen (secondary N) is 1. The zero-order valence-corrected chi connectivity index (χ0v) is 16.5. The molecule has 1 N–H and O–H groups in total. The lowest BCUT2D eigenvalue weighted by Gasteiger charge is -2.09. The van der Waals surface area contributed by atoms with Gasteiger partial charge in [-0.25, -0.2) is 14.6 Å². The van der Waals surface area contributed by atoms with Crippen LogP contribution in [0.5, 0.6) is 0 Å². The van der Waals surface area contributed by atoms with Crippen LogP contribution in [0.4, 0.5) is 5.82 Å². The van der Waals surface area contributed by atoms with Crippen LogP contribution in [-0.4, -0.2) is 31.4 Å². The number of carbonyl (C=O) groups excluding carboxylic acids is 1. The van der Waals surface area contributed by atoms with E-state index in [-0.39, 0.29) is 11.7 Å². The highest BCUT2D eigenvalue weighted by Crippen LogP contribution is 2.27. The molecule has 8 heteroatoms. The molecule has 3 aromatic heterocycles. The topological polar surface area (TPSA) is 72.7 Å². The molecule has 0 aliphatic heterocycles. The third kappa shape index (κ3) is 3.86. The summed E-state index contributed by atoms with van der Waals surface area (Å²) in [5.74, 6) is 0.820. The van der Waals surface area contributed by atoms with Crippen LogP contribution >= 0.6 is 23.1 Å². The van der Waals surface area contributed by atoms with Gasteiger partial charge in [-0.05, 0) is 37.4 Å². The van der Waals surface area contributed by atoms with E-state index in [9.17, 15) is 4.79 Å². The first-order valence-corrected chi connectivity index (χ1v) is 10.2. The Morgan fingerprint density at radius 3 is 2.81 bits per heavy atom. The third-order valence-electron chi connectivity index (χ3n) is 3.94. The van der Waals surface area contributed by atoms with Crippen molar-refractivity contribution in [2.45, 2.75) is 18.9 Å². The lowest BCUT2D eigenvalue weighted by atomic mass is 10.2. The van der Waals surface area contributed by atoms with Gasteiger partial charge in [-0.15, -0.1) is 11.3 Å². The summed E-state index contributed by atoms with van der Waals surface area (Å²) in [5.41, 5.74) is 2.93. The van der Waals surface area contributed by atoms with Gasteiger partial charge in [0.2, 0.25) is 5.91 Å². The van der Waals surface area contributed by atoms with E-state index in [1.54, 1.807) is 16.0 Å². The van der Waals surface area contributed by atoms with Crippen molar-refractivity contribution < 1.29 is 4.79 Å². The highest BCUT2D eigenvalue weighted by Gasteiger charge is 2.13. The predicted molar refractivity (Wildman–Crippen MR) is 110 cm³/mol. The van der Waals surface area contributed by atoms with E-state index in [1.165, 1.54) is 23.7 Å². The first kappa shape index (κ1) is 17.7. The van der Waals surface area contributed by atoms with E-state index >= 15 is 0 Å². The average molecular weight is 396 g/mol. The van der Waals surface area contributed by atoms with Crippen molar-refractivity contribution in [1.82, 2.24) is 19.7 Å². The van der Waals surface area contributed by atoms with Crippen LogP contribution in [0.15, 0.2) is 53.1 Å². The van der Waals surface area contributed by atoms with Crippen molar-refractivity contribution in [3.63, 3.8) is 0 Å². The number of hydrogen-bond donors (Lipinski definition) is 1. The summed E-state index contributed by atoms with van der Waals surface area (Å²) in [6.45, 7) is 3.94. The summed E-state index contributed by atoms with van der Waals surface area (Å²) in [6.07, 6.45) is 1.54. The van der Waals surface area contributed by atoms with Gasteiger partial charge < -0.3 is 5.32 Å². The number of aromatic nitrogens is 4. The van der Waals surface area contributed by atoms with Gasteiger partial charge in [0.15, 0.2) is 0 Å². The number of nitrogens with zero attached hydrogens (tertiary/aromatic N) is 4. The lowest BCUT2D eigenvalue weighted by Crippen LogP contribution is -2.17. The molecule has 0 fully saturated rings. The van der Waals surface area contributed by atoms with E-state index in [1.807, 2.05) is 55.6 Å². The van der Waals surface area contributed by atoms with E-state index in [0.717, 1.165) is 26.6 Å². The Morgan fingerprint density at radius 2 is 2.00 bits per heavy atom. The van der Waals surface area contributed by atoms with Crippen LogP contribution in [0.25, 0.3) is 15.9 Å². The molecule has 27 heavy (non-hydrogen) atoms. The van der Waals surface area contributed by atoms with Crippen molar-refractivity contribution >= 4 is 45.0 Å². The van der Waals surface area contributed by atoms with Crippen LogP contribution < -0.4 is 5.32 Å². The average Bonchev–Trinajstić information content (AvgIpc) is 3.27. The summed E-state index contributed by atoms with van der Waals surface area (Å²) >= 11 is 2.97. The van der Waals surface area contributed by atoms with Crippen LogP contribution in [0.3, 0.4) is 0 Å². The van der Waals surface area contributed by atoms with Crippen molar-refractivity contribution in [3.8, 4) is 5.69 Å². The van der Waals surface area contributed by atoms with Gasteiger partial charge in [0, 0.05) is 11.5 Å². The second-order valence-corrected chi connectivity index (χ2v) is 7.93.